The molecule has 0 amide bonds. The molecule has 1 N–H and O–H groups in total. The molecular weight excluding hydrogens is 152 g/mol. The van der Waals surface area contributed by atoms with E-state index in [4.69, 9.17) is 0 Å². The van der Waals surface area contributed by atoms with Crippen LogP contribution in [0.5, 0.6) is 0 Å². The van der Waals surface area contributed by atoms with E-state index in [0.29, 0.717) is 0 Å². The first kappa shape index (κ1) is 8.05. The summed E-state index contributed by atoms with van der Waals surface area (Å²) < 4.78 is 0. The van der Waals surface area contributed by atoms with Crippen LogP contribution in [0.2, 0.25) is 0 Å². The Morgan fingerprint density at radius 3 is 2.80 bits per heavy atom. The second-order valence-electron chi connectivity index (χ2n) is 1.92. The molecule has 0 saturated heterocycles. The summed E-state index contributed by atoms with van der Waals surface area (Å²) in [6.07, 6.45) is 1.70. The molecule has 0 radical (unpaired) electrons. The van der Waals surface area contributed by atoms with E-state index < -0.39 is 0 Å². The number of H-pyrrole nitrogens is 1. The van der Waals surface area contributed by atoms with Gasteiger partial charge >= 0.3 is 0 Å². The van der Waals surface area contributed by atoms with Crippen LogP contribution in [0.4, 0.5) is 0 Å². The molecule has 3 heteroatoms. The Labute approximate surface area is 88.7 Å². The first-order valence-electron chi connectivity index (χ1n) is 2.85. The van der Waals surface area contributed by atoms with Gasteiger partial charge in [-0.25, -0.2) is 4.98 Å². The Morgan fingerprint density at radius 2 is 2.00 bits per heavy atom. The molecule has 0 aliphatic carbocycles. The van der Waals surface area contributed by atoms with Gasteiger partial charge in [-0.3, -0.25) is 0 Å². The number of hydrogen-bond acceptors (Lipinski definition) is 1. The van der Waals surface area contributed by atoms with Crippen molar-refractivity contribution in [3.05, 3.63) is 30.6 Å². The first-order valence-corrected chi connectivity index (χ1v) is 2.85. The monoisotopic (exact) mass is 158 g/mol. The number of aromatic amines is 1. The number of imidazole rings is 1. The fraction of sp³-hybridized carbons (Fsp3) is 0. The Balaban J connectivity index is 0.000000500. The number of nitrogens with zero attached hydrogens (tertiary/aromatic N) is 1. The van der Waals surface area contributed by atoms with E-state index in [2.05, 4.69) is 9.97 Å². The second-order valence-corrected chi connectivity index (χ2v) is 1.92. The number of hydrogen-bond donors (Lipinski definition) is 1. The molecule has 1 aromatic heterocycles. The van der Waals surface area contributed by atoms with E-state index in [1.54, 1.807) is 6.33 Å². The van der Waals surface area contributed by atoms with Gasteiger partial charge in [-0.2, -0.15) is 0 Å². The van der Waals surface area contributed by atoms with Crippen molar-refractivity contribution in [2.75, 3.05) is 0 Å². The van der Waals surface area contributed by atoms with Crippen molar-refractivity contribution in [1.29, 1.82) is 0 Å². The third-order valence-corrected chi connectivity index (χ3v) is 1.33. The van der Waals surface area contributed by atoms with Crippen LogP contribution in [0.3, 0.4) is 0 Å². The van der Waals surface area contributed by atoms with Gasteiger partial charge < -0.3 is 4.98 Å². The zero-order valence-corrected chi connectivity index (χ0v) is 5.89. The van der Waals surface area contributed by atoms with Crippen molar-refractivity contribution in [3.8, 4) is 0 Å². The molecule has 1 aromatic carbocycles. The van der Waals surface area contributed by atoms with Crippen molar-refractivity contribution >= 4 is 11.0 Å². The molecule has 2 aromatic rings. The maximum absolute atomic E-state index is 4.06. The Kier molecular flexibility index (Phi) is 2.72. The van der Waals surface area contributed by atoms with E-state index in [0.717, 1.165) is 11.0 Å². The third-order valence-electron chi connectivity index (χ3n) is 1.33. The molecule has 0 atom stereocenters. The molecule has 2 rings (SSSR count). The van der Waals surface area contributed by atoms with Gasteiger partial charge in [-0.1, -0.05) is 12.1 Å². The molecule has 0 spiro atoms. The van der Waals surface area contributed by atoms with Crippen molar-refractivity contribution in [3.63, 3.8) is 0 Å². The minimum absolute atomic E-state index is 0. The number of rotatable bonds is 0. The summed E-state index contributed by atoms with van der Waals surface area (Å²) in [5.41, 5.74) is 2.12. The van der Waals surface area contributed by atoms with Crippen LogP contribution in [-0.2, 0) is 0 Å². The van der Waals surface area contributed by atoms with Crippen LogP contribution in [0, 0.1) is 37.7 Å². The Bertz CT molecular complexity index is 286. The zero-order valence-electron chi connectivity index (χ0n) is 5.19. The molecule has 0 unspecified atom stereocenters. The van der Waals surface area contributed by atoms with Crippen molar-refractivity contribution < 1.29 is 37.7 Å². The molecule has 2 nitrogen and oxygen atoms in total. The SMILES string of the molecule is [Ar].c1ccc2[nH]cnc2c1. The predicted molar refractivity (Wildman–Crippen MR) is 36.1 cm³/mol. The standard InChI is InChI=1S/C7H6N2.Ar/c1-2-4-7-6(3-1)8-5-9-7;/h1-5H,(H,8,9);. The van der Waals surface area contributed by atoms with E-state index in [-0.39, 0.29) is 37.7 Å². The number of para-hydroxylation sites is 2. The fourth-order valence-electron chi connectivity index (χ4n) is 0.880. The Hall–Kier alpha value is -0.0503. The topological polar surface area (TPSA) is 28.7 Å². The van der Waals surface area contributed by atoms with Crippen molar-refractivity contribution in [2.45, 2.75) is 0 Å². The van der Waals surface area contributed by atoms with Gasteiger partial charge in [0.05, 0.1) is 17.4 Å². The van der Waals surface area contributed by atoms with Crippen molar-refractivity contribution in [2.24, 2.45) is 0 Å². The summed E-state index contributed by atoms with van der Waals surface area (Å²) in [5, 5.41) is 0. The van der Waals surface area contributed by atoms with E-state index in [9.17, 15) is 0 Å². The summed E-state index contributed by atoms with van der Waals surface area (Å²) in [6.45, 7) is 0. The van der Waals surface area contributed by atoms with Gasteiger partial charge in [0.1, 0.15) is 0 Å². The van der Waals surface area contributed by atoms with Crippen LogP contribution < -0.4 is 0 Å². The molecular formula is C7H6ArN2. The zero-order chi connectivity index (χ0) is 6.10. The smallest absolute Gasteiger partial charge is 0.0931 e. The van der Waals surface area contributed by atoms with Crippen molar-refractivity contribution in [1.82, 2.24) is 9.97 Å². The molecule has 52 valence electrons. The number of benzene rings is 1. The second kappa shape index (κ2) is 3.37. The van der Waals surface area contributed by atoms with E-state index >= 15 is 0 Å². The number of aromatic nitrogens is 2. The van der Waals surface area contributed by atoms with Crippen LogP contribution in [0.15, 0.2) is 30.6 Å². The summed E-state index contributed by atoms with van der Waals surface area (Å²) >= 11 is 0. The van der Waals surface area contributed by atoms with Crippen LogP contribution in [-0.4, -0.2) is 9.97 Å². The Morgan fingerprint density at radius 1 is 1.20 bits per heavy atom. The number of fused-ring (bicyclic) bond motifs is 1. The molecule has 0 aliphatic rings. The molecule has 10 heavy (non-hydrogen) atoms. The molecule has 0 fully saturated rings. The van der Waals surface area contributed by atoms with E-state index in [1.165, 1.54) is 0 Å². The molecule has 1 heterocycles. The largest absolute Gasteiger partial charge is 0.345 e. The third kappa shape index (κ3) is 1.34. The van der Waals surface area contributed by atoms with Gasteiger partial charge in [0.25, 0.3) is 0 Å². The van der Waals surface area contributed by atoms with Crippen LogP contribution in [0.25, 0.3) is 11.0 Å². The van der Waals surface area contributed by atoms with Crippen LogP contribution >= 0.6 is 0 Å². The maximum atomic E-state index is 4.06. The van der Waals surface area contributed by atoms with Gasteiger partial charge in [0.15, 0.2) is 0 Å². The summed E-state index contributed by atoms with van der Waals surface area (Å²) in [7, 11) is 0. The molecule has 0 saturated carbocycles. The minimum atomic E-state index is 0. The quantitative estimate of drug-likeness (QED) is 0.619. The first-order chi connectivity index (χ1) is 4.47. The summed E-state index contributed by atoms with van der Waals surface area (Å²) in [6, 6.07) is 7.94. The molecule has 0 bridgehead atoms. The predicted octanol–water partition coefficient (Wildman–Crippen LogP) is 1.56. The van der Waals surface area contributed by atoms with Gasteiger partial charge in [-0.05, 0) is 12.1 Å². The average Bonchev–Trinajstić information content (AvgIpc) is 2.33. The summed E-state index contributed by atoms with van der Waals surface area (Å²) in [4.78, 5) is 7.07. The van der Waals surface area contributed by atoms with E-state index in [1.807, 2.05) is 24.3 Å². The van der Waals surface area contributed by atoms with Gasteiger partial charge in [0.2, 0.25) is 0 Å². The molecule has 0 aliphatic heterocycles. The number of nitrogens with one attached hydrogen (secondary N) is 1. The minimum Gasteiger partial charge on any atom is -0.345 e. The van der Waals surface area contributed by atoms with Crippen LogP contribution in [0.1, 0.15) is 0 Å². The normalized spacial score (nSPS) is 9.20. The maximum Gasteiger partial charge on any atom is 0.0931 e. The summed E-state index contributed by atoms with van der Waals surface area (Å²) in [5.74, 6) is 0. The van der Waals surface area contributed by atoms with Gasteiger partial charge in [0, 0.05) is 37.7 Å². The van der Waals surface area contributed by atoms with Gasteiger partial charge in [-0.15, -0.1) is 0 Å². The average molecular weight is 158 g/mol. The fourth-order valence-corrected chi connectivity index (χ4v) is 0.880.